The Morgan fingerprint density at radius 3 is 3.19 bits per heavy atom. The minimum atomic E-state index is 0.964. The lowest BCUT2D eigenvalue weighted by molar-refractivity contribution is 0.603. The van der Waals surface area contributed by atoms with Gasteiger partial charge in [0.1, 0.15) is 5.84 Å². The molecule has 0 aromatic carbocycles. The molecule has 1 aliphatic heterocycles. The van der Waals surface area contributed by atoms with E-state index in [4.69, 9.17) is 0 Å². The molecule has 2 rings (SSSR count). The Morgan fingerprint density at radius 1 is 1.38 bits per heavy atom. The maximum atomic E-state index is 4.54. The van der Waals surface area contributed by atoms with Crippen LogP contribution in [0.2, 0.25) is 0 Å². The second-order valence-electron chi connectivity index (χ2n) is 4.26. The molecule has 0 atom stereocenters. The molecule has 1 aromatic rings. The van der Waals surface area contributed by atoms with Gasteiger partial charge >= 0.3 is 0 Å². The van der Waals surface area contributed by atoms with Gasteiger partial charge in [-0.15, -0.1) is 0 Å². The molecule has 0 saturated carbocycles. The van der Waals surface area contributed by atoms with Crippen molar-refractivity contribution in [2.75, 3.05) is 11.9 Å². The maximum absolute atomic E-state index is 4.54. The zero-order valence-corrected chi connectivity index (χ0v) is 9.95. The highest BCUT2D eigenvalue weighted by Crippen LogP contribution is 2.11. The Labute approximate surface area is 96.8 Å². The largest absolute Gasteiger partial charge is 0.342 e. The lowest BCUT2D eigenvalue weighted by Gasteiger charge is -2.04. The molecule has 88 valence electrons. The number of aromatic nitrogens is 2. The zero-order valence-electron chi connectivity index (χ0n) is 9.95. The van der Waals surface area contributed by atoms with E-state index in [9.17, 15) is 0 Å². The summed E-state index contributed by atoms with van der Waals surface area (Å²) in [4.78, 5) is 4.54. The molecule has 1 N–H and O–H groups in total. The van der Waals surface area contributed by atoms with Gasteiger partial charge in [0, 0.05) is 25.7 Å². The number of anilines is 1. The lowest BCUT2D eigenvalue weighted by atomic mass is 10.2. The van der Waals surface area contributed by atoms with E-state index in [0.717, 1.165) is 37.5 Å². The van der Waals surface area contributed by atoms with Gasteiger partial charge in [-0.3, -0.25) is 9.67 Å². The topological polar surface area (TPSA) is 42.2 Å². The van der Waals surface area contributed by atoms with Crippen LogP contribution in [0.5, 0.6) is 0 Å². The maximum Gasteiger partial charge on any atom is 0.101 e. The van der Waals surface area contributed by atoms with Gasteiger partial charge in [-0.1, -0.05) is 13.3 Å². The summed E-state index contributed by atoms with van der Waals surface area (Å²) in [5.41, 5.74) is 1.06. The molecule has 0 amide bonds. The van der Waals surface area contributed by atoms with Crippen molar-refractivity contribution in [3.05, 3.63) is 12.4 Å². The number of hydrogen-bond acceptors (Lipinski definition) is 3. The molecule has 1 aliphatic rings. The summed E-state index contributed by atoms with van der Waals surface area (Å²) < 4.78 is 1.97. The molecule has 0 radical (unpaired) electrons. The first-order valence-electron chi connectivity index (χ1n) is 6.21. The fourth-order valence-corrected chi connectivity index (χ4v) is 1.92. The summed E-state index contributed by atoms with van der Waals surface area (Å²) in [5, 5.41) is 7.66. The van der Waals surface area contributed by atoms with Crippen LogP contribution >= 0.6 is 0 Å². The molecule has 0 fully saturated rings. The first-order valence-corrected chi connectivity index (χ1v) is 6.21. The lowest BCUT2D eigenvalue weighted by Crippen LogP contribution is -2.10. The number of aliphatic imine (C=N–C) groups is 1. The van der Waals surface area contributed by atoms with Gasteiger partial charge in [-0.2, -0.15) is 5.10 Å². The van der Waals surface area contributed by atoms with Crippen molar-refractivity contribution in [1.29, 1.82) is 0 Å². The van der Waals surface area contributed by atoms with E-state index in [1.165, 1.54) is 19.3 Å². The Morgan fingerprint density at radius 2 is 2.31 bits per heavy atom. The predicted molar refractivity (Wildman–Crippen MR) is 66.9 cm³/mol. The predicted octanol–water partition coefficient (Wildman–Crippen LogP) is 2.68. The molecule has 16 heavy (non-hydrogen) atoms. The fourth-order valence-electron chi connectivity index (χ4n) is 1.92. The third-order valence-corrected chi connectivity index (χ3v) is 2.75. The standard InChI is InChI=1S/C12H20N4/c1-2-8-16-10-11(9-14-16)15-12-6-4-3-5-7-13-12/h9-10H,2-8H2,1H3,(H,13,15). The minimum Gasteiger partial charge on any atom is -0.342 e. The van der Waals surface area contributed by atoms with Crippen molar-refractivity contribution < 1.29 is 0 Å². The Kier molecular flexibility index (Phi) is 3.97. The number of nitrogens with zero attached hydrogens (tertiary/aromatic N) is 3. The molecule has 0 bridgehead atoms. The molecule has 1 aromatic heterocycles. The van der Waals surface area contributed by atoms with Gasteiger partial charge in [-0.25, -0.2) is 0 Å². The molecule has 2 heterocycles. The van der Waals surface area contributed by atoms with Crippen LogP contribution in [0.1, 0.15) is 39.0 Å². The second kappa shape index (κ2) is 5.68. The fraction of sp³-hybridized carbons (Fsp3) is 0.667. The zero-order chi connectivity index (χ0) is 11.2. The van der Waals surface area contributed by atoms with Gasteiger partial charge in [0.15, 0.2) is 0 Å². The Bertz CT molecular complexity index is 354. The van der Waals surface area contributed by atoms with E-state index in [1.807, 2.05) is 10.9 Å². The van der Waals surface area contributed by atoms with E-state index in [1.54, 1.807) is 0 Å². The normalized spacial score (nSPS) is 16.7. The van der Waals surface area contributed by atoms with Crippen LogP contribution in [0.3, 0.4) is 0 Å². The van der Waals surface area contributed by atoms with Crippen LogP contribution in [-0.4, -0.2) is 22.2 Å². The number of hydrogen-bond donors (Lipinski definition) is 1. The number of aryl methyl sites for hydroxylation is 1. The number of amidine groups is 1. The van der Waals surface area contributed by atoms with E-state index in [0.29, 0.717) is 0 Å². The number of rotatable bonds is 3. The highest BCUT2D eigenvalue weighted by molar-refractivity contribution is 5.95. The Balaban J connectivity index is 1.94. The molecular formula is C12H20N4. The van der Waals surface area contributed by atoms with Crippen molar-refractivity contribution in [3.8, 4) is 0 Å². The SMILES string of the molecule is CCCn1cc(NC2=NCCCCC2)cn1. The van der Waals surface area contributed by atoms with Crippen molar-refractivity contribution in [2.45, 2.75) is 45.6 Å². The molecule has 0 saturated heterocycles. The average Bonchev–Trinajstić information content (AvgIpc) is 2.56. The molecule has 0 aliphatic carbocycles. The molecular weight excluding hydrogens is 200 g/mol. The highest BCUT2D eigenvalue weighted by atomic mass is 15.3. The summed E-state index contributed by atoms with van der Waals surface area (Å²) in [6.45, 7) is 4.10. The van der Waals surface area contributed by atoms with Crippen molar-refractivity contribution >= 4 is 11.5 Å². The van der Waals surface area contributed by atoms with E-state index >= 15 is 0 Å². The van der Waals surface area contributed by atoms with Crippen LogP contribution in [0.25, 0.3) is 0 Å². The van der Waals surface area contributed by atoms with Crippen LogP contribution in [-0.2, 0) is 6.54 Å². The van der Waals surface area contributed by atoms with E-state index in [2.05, 4.69) is 28.5 Å². The summed E-state index contributed by atoms with van der Waals surface area (Å²) >= 11 is 0. The van der Waals surface area contributed by atoms with Gasteiger partial charge in [0.25, 0.3) is 0 Å². The van der Waals surface area contributed by atoms with Crippen molar-refractivity contribution in [3.63, 3.8) is 0 Å². The van der Waals surface area contributed by atoms with E-state index < -0.39 is 0 Å². The highest BCUT2D eigenvalue weighted by Gasteiger charge is 2.05. The van der Waals surface area contributed by atoms with Crippen molar-refractivity contribution in [2.24, 2.45) is 4.99 Å². The van der Waals surface area contributed by atoms with Gasteiger partial charge < -0.3 is 5.32 Å². The van der Waals surface area contributed by atoms with Crippen LogP contribution in [0.4, 0.5) is 5.69 Å². The summed E-state index contributed by atoms with van der Waals surface area (Å²) in [5.74, 6) is 1.12. The van der Waals surface area contributed by atoms with Gasteiger partial charge in [0.2, 0.25) is 0 Å². The van der Waals surface area contributed by atoms with Crippen LogP contribution in [0, 0.1) is 0 Å². The summed E-state index contributed by atoms with van der Waals surface area (Å²) in [6.07, 6.45) is 9.87. The minimum absolute atomic E-state index is 0.964. The summed E-state index contributed by atoms with van der Waals surface area (Å²) in [7, 11) is 0. The van der Waals surface area contributed by atoms with E-state index in [-0.39, 0.29) is 0 Å². The smallest absolute Gasteiger partial charge is 0.101 e. The first kappa shape index (κ1) is 11.2. The van der Waals surface area contributed by atoms with Gasteiger partial charge in [0.05, 0.1) is 11.9 Å². The monoisotopic (exact) mass is 220 g/mol. The third-order valence-electron chi connectivity index (χ3n) is 2.75. The molecule has 4 nitrogen and oxygen atoms in total. The van der Waals surface area contributed by atoms with Crippen molar-refractivity contribution in [1.82, 2.24) is 9.78 Å². The second-order valence-corrected chi connectivity index (χ2v) is 4.26. The molecule has 4 heteroatoms. The Hall–Kier alpha value is -1.32. The third kappa shape index (κ3) is 3.08. The first-order chi connectivity index (χ1) is 7.88. The van der Waals surface area contributed by atoms with Gasteiger partial charge in [-0.05, 0) is 19.3 Å². The number of nitrogens with one attached hydrogen (secondary N) is 1. The average molecular weight is 220 g/mol. The van der Waals surface area contributed by atoms with Crippen LogP contribution < -0.4 is 5.32 Å². The van der Waals surface area contributed by atoms with Crippen LogP contribution in [0.15, 0.2) is 17.4 Å². The molecule has 0 spiro atoms. The quantitative estimate of drug-likeness (QED) is 0.851. The summed E-state index contributed by atoms with van der Waals surface area (Å²) in [6, 6.07) is 0. The molecule has 0 unspecified atom stereocenters.